The molecule has 0 spiro atoms. The summed E-state index contributed by atoms with van der Waals surface area (Å²) in [5.74, 6) is -0.127. The second kappa shape index (κ2) is 10.3. The number of hydrogen-bond acceptors (Lipinski definition) is 4. The minimum Gasteiger partial charge on any atom is -0.379 e. The maximum atomic E-state index is 13.6. The Morgan fingerprint density at radius 3 is 2.38 bits per heavy atom. The fourth-order valence-electron chi connectivity index (χ4n) is 5.79. The number of carbonyl (C=O) groups is 1. The van der Waals surface area contributed by atoms with Gasteiger partial charge in [0.15, 0.2) is 0 Å². The first kappa shape index (κ1) is 27.0. The van der Waals surface area contributed by atoms with E-state index in [1.165, 1.54) is 4.31 Å². The number of nitrogens with zero attached hydrogens (tertiary/aromatic N) is 3. The number of amides is 1. The monoisotopic (exact) mass is 619 g/mol. The lowest BCUT2D eigenvalue weighted by atomic mass is 10.0. The Kier molecular flexibility index (Phi) is 6.94. The van der Waals surface area contributed by atoms with Crippen molar-refractivity contribution >= 4 is 60.0 Å². The molecule has 3 aromatic carbocycles. The molecule has 7 nitrogen and oxygen atoms in total. The van der Waals surface area contributed by atoms with Gasteiger partial charge >= 0.3 is 0 Å². The van der Waals surface area contributed by atoms with Crippen molar-refractivity contribution in [1.29, 1.82) is 0 Å². The first-order valence-electron chi connectivity index (χ1n) is 13.3. The molecule has 6 rings (SSSR count). The van der Waals surface area contributed by atoms with Crippen LogP contribution in [-0.4, -0.2) is 56.0 Å². The normalized spacial score (nSPS) is 17.2. The molecule has 0 saturated carbocycles. The van der Waals surface area contributed by atoms with Crippen molar-refractivity contribution in [3.05, 3.63) is 87.7 Å². The van der Waals surface area contributed by atoms with E-state index >= 15 is 0 Å². The predicted octanol–water partition coefficient (Wildman–Crippen LogP) is 5.94. The Bertz CT molecular complexity index is 1800. The van der Waals surface area contributed by atoms with Crippen LogP contribution >= 0.6 is 15.9 Å². The summed E-state index contributed by atoms with van der Waals surface area (Å²) in [5.41, 5.74) is 5.88. The zero-order valence-corrected chi connectivity index (χ0v) is 25.0. The molecule has 0 bridgehead atoms. The number of sulfonamides is 1. The highest BCUT2D eigenvalue weighted by atomic mass is 79.9. The van der Waals surface area contributed by atoms with Gasteiger partial charge in [0.2, 0.25) is 10.0 Å². The van der Waals surface area contributed by atoms with Gasteiger partial charge in [-0.05, 0) is 74.2 Å². The third-order valence-corrected chi connectivity index (χ3v) is 10.4. The molecule has 2 aliphatic heterocycles. The SMILES string of the molecule is CCN1C(=O)C(=Cc2cc(C)n(-c3ccc(Br)c4ccccc34)c2C)c2cc(S(=O)(=O)N3CCOCC3)ccc21. The van der Waals surface area contributed by atoms with Crippen LogP contribution in [0.3, 0.4) is 0 Å². The molecule has 40 heavy (non-hydrogen) atoms. The minimum absolute atomic E-state index is 0.127. The number of halogens is 1. The molecule has 0 aliphatic carbocycles. The number of morpholine rings is 1. The van der Waals surface area contributed by atoms with Gasteiger partial charge in [0.1, 0.15) is 0 Å². The third kappa shape index (κ3) is 4.32. The van der Waals surface area contributed by atoms with E-state index in [0.29, 0.717) is 44.0 Å². The van der Waals surface area contributed by atoms with Crippen LogP contribution in [0, 0.1) is 13.8 Å². The van der Waals surface area contributed by atoms with Gasteiger partial charge in [-0.15, -0.1) is 0 Å². The molecular formula is C31H30BrN3O4S. The Morgan fingerprint density at radius 2 is 1.65 bits per heavy atom. The summed E-state index contributed by atoms with van der Waals surface area (Å²) in [4.78, 5) is 15.5. The molecule has 0 atom stereocenters. The average Bonchev–Trinajstić information content (AvgIpc) is 3.40. The molecule has 9 heteroatoms. The van der Waals surface area contributed by atoms with E-state index < -0.39 is 10.0 Å². The maximum Gasteiger partial charge on any atom is 0.258 e. The van der Waals surface area contributed by atoms with Gasteiger partial charge in [-0.3, -0.25) is 4.79 Å². The number of aromatic nitrogens is 1. The van der Waals surface area contributed by atoms with Crippen molar-refractivity contribution in [2.24, 2.45) is 0 Å². The van der Waals surface area contributed by atoms with Gasteiger partial charge in [0.25, 0.3) is 5.91 Å². The maximum absolute atomic E-state index is 13.6. The molecule has 1 amide bonds. The molecule has 1 aromatic heterocycles. The zero-order valence-electron chi connectivity index (χ0n) is 22.6. The van der Waals surface area contributed by atoms with E-state index in [4.69, 9.17) is 4.74 Å². The van der Waals surface area contributed by atoms with Crippen molar-refractivity contribution in [3.63, 3.8) is 0 Å². The number of rotatable bonds is 5. The lowest BCUT2D eigenvalue weighted by Gasteiger charge is -2.26. The lowest BCUT2D eigenvalue weighted by Crippen LogP contribution is -2.40. The van der Waals surface area contributed by atoms with E-state index in [9.17, 15) is 13.2 Å². The van der Waals surface area contributed by atoms with Crippen LogP contribution in [0.25, 0.3) is 28.1 Å². The molecular weight excluding hydrogens is 590 g/mol. The Balaban J connectivity index is 1.47. The second-order valence-corrected chi connectivity index (χ2v) is 12.9. The molecule has 1 saturated heterocycles. The van der Waals surface area contributed by atoms with Crippen molar-refractivity contribution in [1.82, 2.24) is 8.87 Å². The number of ether oxygens (including phenoxy) is 1. The van der Waals surface area contributed by atoms with Crippen molar-refractivity contribution in [2.75, 3.05) is 37.7 Å². The van der Waals surface area contributed by atoms with Crippen LogP contribution in [0.1, 0.15) is 29.4 Å². The second-order valence-electron chi connectivity index (χ2n) is 10.1. The van der Waals surface area contributed by atoms with E-state index in [1.54, 1.807) is 23.1 Å². The Morgan fingerprint density at radius 1 is 0.950 bits per heavy atom. The highest BCUT2D eigenvalue weighted by molar-refractivity contribution is 9.10. The summed E-state index contributed by atoms with van der Waals surface area (Å²) in [6.45, 7) is 7.91. The van der Waals surface area contributed by atoms with Crippen LogP contribution in [0.2, 0.25) is 0 Å². The predicted molar refractivity (Wildman–Crippen MR) is 162 cm³/mol. The summed E-state index contributed by atoms with van der Waals surface area (Å²) in [6.07, 6.45) is 1.90. The molecule has 4 aromatic rings. The van der Waals surface area contributed by atoms with Crippen LogP contribution in [0.5, 0.6) is 0 Å². The smallest absolute Gasteiger partial charge is 0.258 e. The highest BCUT2D eigenvalue weighted by Gasteiger charge is 2.34. The van der Waals surface area contributed by atoms with Gasteiger partial charge in [0, 0.05) is 52.0 Å². The minimum atomic E-state index is -3.70. The standard InChI is InChI=1S/C31H30BrN3O4S/c1-4-34-29-11-9-23(40(37,38)33-13-15-39-16-14-33)19-26(29)27(31(34)36)18-22-17-20(2)35(21(22)3)30-12-10-28(32)24-7-5-6-8-25(24)30/h5-12,17-19H,4,13-16H2,1-3H3. The molecule has 3 heterocycles. The number of anilines is 1. The number of benzene rings is 3. The summed E-state index contributed by atoms with van der Waals surface area (Å²) >= 11 is 3.67. The number of hydrogen-bond donors (Lipinski definition) is 0. The first-order chi connectivity index (χ1) is 19.2. The fourth-order valence-corrected chi connectivity index (χ4v) is 7.70. The first-order valence-corrected chi connectivity index (χ1v) is 15.6. The van der Waals surface area contributed by atoms with Gasteiger partial charge in [-0.25, -0.2) is 8.42 Å². The fraction of sp³-hybridized carbons (Fsp3) is 0.258. The topological polar surface area (TPSA) is 71.9 Å². The number of carbonyl (C=O) groups excluding carboxylic acids is 1. The van der Waals surface area contributed by atoms with E-state index in [-0.39, 0.29) is 10.8 Å². The van der Waals surface area contributed by atoms with Crippen LogP contribution in [-0.2, 0) is 19.6 Å². The van der Waals surface area contributed by atoms with Crippen molar-refractivity contribution in [2.45, 2.75) is 25.7 Å². The number of fused-ring (bicyclic) bond motifs is 2. The van der Waals surface area contributed by atoms with Crippen LogP contribution in [0.4, 0.5) is 5.69 Å². The van der Waals surface area contributed by atoms with Crippen LogP contribution < -0.4 is 4.90 Å². The lowest BCUT2D eigenvalue weighted by molar-refractivity contribution is -0.112. The summed E-state index contributed by atoms with van der Waals surface area (Å²) in [5, 5.41) is 2.25. The molecule has 206 valence electrons. The Labute approximate surface area is 242 Å². The zero-order chi connectivity index (χ0) is 28.2. The van der Waals surface area contributed by atoms with E-state index in [1.807, 2.05) is 32.1 Å². The third-order valence-electron chi connectivity index (χ3n) is 7.81. The number of aryl methyl sites for hydroxylation is 1. The van der Waals surface area contributed by atoms with Crippen molar-refractivity contribution in [3.8, 4) is 5.69 Å². The Hall–Kier alpha value is -3.24. The van der Waals surface area contributed by atoms with Crippen LogP contribution in [0.15, 0.2) is 70.0 Å². The van der Waals surface area contributed by atoms with Crippen molar-refractivity contribution < 1.29 is 17.9 Å². The van der Waals surface area contributed by atoms with Gasteiger partial charge < -0.3 is 14.2 Å². The highest BCUT2D eigenvalue weighted by Crippen LogP contribution is 2.40. The molecule has 2 aliphatic rings. The summed E-state index contributed by atoms with van der Waals surface area (Å²) < 4.78 is 36.9. The quantitative estimate of drug-likeness (QED) is 0.259. The summed E-state index contributed by atoms with van der Waals surface area (Å²) in [7, 11) is -3.70. The van der Waals surface area contributed by atoms with Gasteiger partial charge in [0.05, 0.1) is 29.5 Å². The summed E-state index contributed by atoms with van der Waals surface area (Å²) in [6, 6.07) is 19.5. The van der Waals surface area contributed by atoms with Gasteiger partial charge in [-0.1, -0.05) is 40.2 Å². The van der Waals surface area contributed by atoms with Gasteiger partial charge in [-0.2, -0.15) is 4.31 Å². The van der Waals surface area contributed by atoms with E-state index in [2.05, 4.69) is 57.8 Å². The largest absolute Gasteiger partial charge is 0.379 e. The molecule has 0 N–H and O–H groups in total. The molecule has 0 radical (unpaired) electrons. The molecule has 0 unspecified atom stereocenters. The molecule has 1 fully saturated rings. The average molecular weight is 621 g/mol. The van der Waals surface area contributed by atoms with E-state index in [0.717, 1.165) is 43.6 Å². The number of likely N-dealkylation sites (N-methyl/N-ethyl adjacent to an activating group) is 1.